The highest BCUT2D eigenvalue weighted by atomic mass is 19.4. The lowest BCUT2D eigenvalue weighted by Crippen LogP contribution is -2.21. The third-order valence-electron chi connectivity index (χ3n) is 1.43. The summed E-state index contributed by atoms with van der Waals surface area (Å²) in [5, 5.41) is 0. The molecule has 0 aromatic heterocycles. The average molecular weight is 155 g/mol. The molecule has 0 aliphatic heterocycles. The summed E-state index contributed by atoms with van der Waals surface area (Å²) in [5.74, 6) is -0.403. The molecule has 0 saturated carbocycles. The van der Waals surface area contributed by atoms with Crippen LogP contribution in [-0.4, -0.2) is 12.7 Å². The van der Waals surface area contributed by atoms with E-state index in [9.17, 15) is 13.2 Å². The zero-order valence-electron chi connectivity index (χ0n) is 5.91. The Labute approximate surface area is 58.4 Å². The van der Waals surface area contributed by atoms with Gasteiger partial charge in [0.05, 0.1) is 0 Å². The number of alkyl halides is 3. The van der Waals surface area contributed by atoms with Crippen LogP contribution in [0.15, 0.2) is 0 Å². The molecule has 62 valence electrons. The van der Waals surface area contributed by atoms with Gasteiger partial charge in [-0.1, -0.05) is 13.3 Å². The SMILES string of the molecule is CC[C@@H](CN)CC(F)(F)F. The molecule has 0 rings (SSSR count). The highest BCUT2D eigenvalue weighted by molar-refractivity contribution is 4.62. The predicted octanol–water partition coefficient (Wildman–Crippen LogP) is 1.92. The topological polar surface area (TPSA) is 26.0 Å². The summed E-state index contributed by atoms with van der Waals surface area (Å²) in [6.45, 7) is 1.83. The summed E-state index contributed by atoms with van der Waals surface area (Å²) < 4.78 is 34.9. The minimum absolute atomic E-state index is 0.121. The molecular weight excluding hydrogens is 143 g/mol. The number of hydrogen-bond donors (Lipinski definition) is 1. The monoisotopic (exact) mass is 155 g/mol. The molecule has 0 aliphatic rings. The van der Waals surface area contributed by atoms with E-state index < -0.39 is 18.5 Å². The van der Waals surface area contributed by atoms with Gasteiger partial charge in [0, 0.05) is 6.42 Å². The number of halogens is 3. The van der Waals surface area contributed by atoms with E-state index in [1.807, 2.05) is 0 Å². The number of hydrogen-bond acceptors (Lipinski definition) is 1. The zero-order chi connectivity index (χ0) is 8.20. The van der Waals surface area contributed by atoms with Crippen LogP contribution in [0.1, 0.15) is 19.8 Å². The highest BCUT2D eigenvalue weighted by Gasteiger charge is 2.30. The molecule has 0 fully saturated rings. The molecule has 0 amide bonds. The summed E-state index contributed by atoms with van der Waals surface area (Å²) in [5.41, 5.74) is 5.09. The summed E-state index contributed by atoms with van der Waals surface area (Å²) in [4.78, 5) is 0. The van der Waals surface area contributed by atoms with Crippen LogP contribution in [0.2, 0.25) is 0 Å². The lowest BCUT2D eigenvalue weighted by molar-refractivity contribution is -0.143. The van der Waals surface area contributed by atoms with E-state index in [-0.39, 0.29) is 6.54 Å². The molecule has 0 aromatic rings. The van der Waals surface area contributed by atoms with Gasteiger partial charge in [0.2, 0.25) is 0 Å². The maximum atomic E-state index is 11.6. The van der Waals surface area contributed by atoms with Crippen molar-refractivity contribution in [2.45, 2.75) is 25.9 Å². The van der Waals surface area contributed by atoms with Crippen LogP contribution in [0.5, 0.6) is 0 Å². The van der Waals surface area contributed by atoms with E-state index in [0.29, 0.717) is 6.42 Å². The van der Waals surface area contributed by atoms with Crippen LogP contribution >= 0.6 is 0 Å². The molecule has 2 N–H and O–H groups in total. The van der Waals surface area contributed by atoms with E-state index in [0.717, 1.165) is 0 Å². The van der Waals surface area contributed by atoms with Crippen molar-refractivity contribution in [2.24, 2.45) is 11.7 Å². The quantitative estimate of drug-likeness (QED) is 0.662. The second-order valence-corrected chi connectivity index (χ2v) is 2.33. The van der Waals surface area contributed by atoms with Gasteiger partial charge in [0.1, 0.15) is 0 Å². The van der Waals surface area contributed by atoms with E-state index in [1.54, 1.807) is 6.92 Å². The zero-order valence-corrected chi connectivity index (χ0v) is 5.91. The smallest absolute Gasteiger partial charge is 0.330 e. The molecule has 0 bridgehead atoms. The third kappa shape index (κ3) is 4.61. The Bertz CT molecular complexity index is 85.5. The second-order valence-electron chi connectivity index (χ2n) is 2.33. The Kier molecular flexibility index (Phi) is 3.71. The highest BCUT2D eigenvalue weighted by Crippen LogP contribution is 2.25. The van der Waals surface area contributed by atoms with Crippen LogP contribution in [0.25, 0.3) is 0 Å². The first-order valence-corrected chi connectivity index (χ1v) is 3.26. The van der Waals surface area contributed by atoms with Crippen LogP contribution < -0.4 is 5.73 Å². The Morgan fingerprint density at radius 1 is 1.40 bits per heavy atom. The first-order chi connectivity index (χ1) is 4.49. The lowest BCUT2D eigenvalue weighted by Gasteiger charge is -2.13. The van der Waals surface area contributed by atoms with E-state index >= 15 is 0 Å². The molecule has 0 radical (unpaired) electrons. The average Bonchev–Trinajstić information content (AvgIpc) is 1.81. The Balaban J connectivity index is 3.63. The normalized spacial score (nSPS) is 15.3. The van der Waals surface area contributed by atoms with Crippen molar-refractivity contribution in [1.82, 2.24) is 0 Å². The summed E-state index contributed by atoms with van der Waals surface area (Å²) in [6, 6.07) is 0. The fraction of sp³-hybridized carbons (Fsp3) is 1.00. The fourth-order valence-corrected chi connectivity index (χ4v) is 0.722. The fourth-order valence-electron chi connectivity index (χ4n) is 0.722. The minimum atomic E-state index is -4.06. The number of rotatable bonds is 3. The van der Waals surface area contributed by atoms with Gasteiger partial charge < -0.3 is 5.73 Å². The van der Waals surface area contributed by atoms with Crippen LogP contribution in [0.3, 0.4) is 0 Å². The molecule has 0 unspecified atom stereocenters. The van der Waals surface area contributed by atoms with Gasteiger partial charge in [-0.3, -0.25) is 0 Å². The van der Waals surface area contributed by atoms with Gasteiger partial charge in [0.25, 0.3) is 0 Å². The van der Waals surface area contributed by atoms with Gasteiger partial charge >= 0.3 is 6.18 Å². The Hall–Kier alpha value is -0.250. The van der Waals surface area contributed by atoms with Gasteiger partial charge in [0.15, 0.2) is 0 Å². The third-order valence-corrected chi connectivity index (χ3v) is 1.43. The maximum Gasteiger partial charge on any atom is 0.389 e. The predicted molar refractivity (Wildman–Crippen MR) is 33.5 cm³/mol. The van der Waals surface area contributed by atoms with E-state index in [4.69, 9.17) is 5.73 Å². The molecule has 1 nitrogen and oxygen atoms in total. The molecular formula is C6H12F3N. The largest absolute Gasteiger partial charge is 0.389 e. The van der Waals surface area contributed by atoms with E-state index in [1.165, 1.54) is 0 Å². The summed E-state index contributed by atoms with van der Waals surface area (Å²) >= 11 is 0. The van der Waals surface area contributed by atoms with Crippen LogP contribution in [0.4, 0.5) is 13.2 Å². The molecule has 0 saturated heterocycles. The molecule has 4 heteroatoms. The van der Waals surface area contributed by atoms with Crippen LogP contribution in [0, 0.1) is 5.92 Å². The molecule has 0 spiro atoms. The van der Waals surface area contributed by atoms with Crippen molar-refractivity contribution in [3.8, 4) is 0 Å². The van der Waals surface area contributed by atoms with Crippen molar-refractivity contribution >= 4 is 0 Å². The van der Waals surface area contributed by atoms with Crippen molar-refractivity contribution in [3.05, 3.63) is 0 Å². The van der Waals surface area contributed by atoms with Crippen LogP contribution in [-0.2, 0) is 0 Å². The van der Waals surface area contributed by atoms with Gasteiger partial charge in [-0.15, -0.1) is 0 Å². The standard InChI is InChI=1S/C6H12F3N/c1-2-5(4-10)3-6(7,8)9/h5H,2-4,10H2,1H3/t5-/m1/s1. The first kappa shape index (κ1) is 9.75. The molecule has 10 heavy (non-hydrogen) atoms. The summed E-state index contributed by atoms with van der Waals surface area (Å²) in [6.07, 6.45) is -4.31. The molecule has 0 aromatic carbocycles. The lowest BCUT2D eigenvalue weighted by atomic mass is 10.0. The Morgan fingerprint density at radius 3 is 2.00 bits per heavy atom. The van der Waals surface area contributed by atoms with Gasteiger partial charge in [-0.25, -0.2) is 0 Å². The Morgan fingerprint density at radius 2 is 1.90 bits per heavy atom. The maximum absolute atomic E-state index is 11.6. The van der Waals surface area contributed by atoms with E-state index in [2.05, 4.69) is 0 Å². The van der Waals surface area contributed by atoms with Gasteiger partial charge in [-0.2, -0.15) is 13.2 Å². The van der Waals surface area contributed by atoms with Gasteiger partial charge in [-0.05, 0) is 12.5 Å². The number of nitrogens with two attached hydrogens (primary N) is 1. The first-order valence-electron chi connectivity index (χ1n) is 3.26. The summed E-state index contributed by atoms with van der Waals surface area (Å²) in [7, 11) is 0. The van der Waals surface area contributed by atoms with Crippen molar-refractivity contribution < 1.29 is 13.2 Å². The van der Waals surface area contributed by atoms with Crippen molar-refractivity contribution in [3.63, 3.8) is 0 Å². The molecule has 1 atom stereocenters. The van der Waals surface area contributed by atoms with Crippen molar-refractivity contribution in [2.75, 3.05) is 6.54 Å². The minimum Gasteiger partial charge on any atom is -0.330 e. The molecule has 0 aliphatic carbocycles. The molecule has 0 heterocycles. The second kappa shape index (κ2) is 3.81. The van der Waals surface area contributed by atoms with Crippen molar-refractivity contribution in [1.29, 1.82) is 0 Å².